The van der Waals surface area contributed by atoms with Crippen molar-refractivity contribution in [3.8, 4) is 11.5 Å². The highest BCUT2D eigenvalue weighted by molar-refractivity contribution is 5.44. The molecule has 3 heteroatoms. The summed E-state index contributed by atoms with van der Waals surface area (Å²) in [4.78, 5) is 8.81. The van der Waals surface area contributed by atoms with Gasteiger partial charge < -0.3 is 9.53 Å². The first kappa shape index (κ1) is 22.8. The molecule has 0 bridgehead atoms. The molecular formula is C22H31FO2. The maximum atomic E-state index is 13.7. The van der Waals surface area contributed by atoms with Crippen molar-refractivity contribution < 1.29 is 13.9 Å². The first-order valence-corrected chi connectivity index (χ1v) is 9.03. The Kier molecular flexibility index (Phi) is 13.0. The number of ether oxygens (including phenoxy) is 1. The van der Waals surface area contributed by atoms with E-state index in [-0.39, 0.29) is 11.6 Å². The molecule has 0 N–H and O–H groups in total. The van der Waals surface area contributed by atoms with Crippen LogP contribution >= 0.6 is 0 Å². The summed E-state index contributed by atoms with van der Waals surface area (Å²) < 4.78 is 19.3. The van der Waals surface area contributed by atoms with Crippen LogP contribution in [0.15, 0.2) is 42.5 Å². The molecule has 0 heterocycles. The summed E-state index contributed by atoms with van der Waals surface area (Å²) in [6.07, 6.45) is 5.54. The number of carbonyl (C=O) groups is 1. The Morgan fingerprint density at radius 2 is 1.64 bits per heavy atom. The van der Waals surface area contributed by atoms with Crippen LogP contribution in [0.5, 0.6) is 11.5 Å². The normalized spacial score (nSPS) is 9.20. The smallest absolute Gasteiger partial charge is 0.165 e. The quantitative estimate of drug-likeness (QED) is 0.420. The van der Waals surface area contributed by atoms with Crippen molar-refractivity contribution in [3.05, 3.63) is 59.4 Å². The van der Waals surface area contributed by atoms with Gasteiger partial charge in [-0.05, 0) is 62.1 Å². The van der Waals surface area contributed by atoms with Crippen molar-refractivity contribution in [2.24, 2.45) is 0 Å². The van der Waals surface area contributed by atoms with Crippen molar-refractivity contribution >= 4 is 6.29 Å². The molecule has 2 nitrogen and oxygen atoms in total. The predicted molar refractivity (Wildman–Crippen MR) is 104 cm³/mol. The van der Waals surface area contributed by atoms with Crippen LogP contribution in [0.3, 0.4) is 0 Å². The summed E-state index contributed by atoms with van der Waals surface area (Å²) in [5, 5.41) is 0. The SMILES string of the molecule is CC.CC=O.CCCCCc1ccc(Oc2ccc(C)cc2F)cc1. The van der Waals surface area contributed by atoms with E-state index in [1.165, 1.54) is 37.8 Å². The molecule has 2 aromatic rings. The first-order chi connectivity index (χ1) is 12.1. The third-order valence-electron chi connectivity index (χ3n) is 3.31. The average Bonchev–Trinajstić information content (AvgIpc) is 2.61. The molecule has 0 spiro atoms. The molecule has 0 radical (unpaired) electrons. The molecular weight excluding hydrogens is 315 g/mol. The molecule has 0 aliphatic carbocycles. The first-order valence-electron chi connectivity index (χ1n) is 9.03. The minimum Gasteiger partial charge on any atom is -0.454 e. The number of hydrogen-bond donors (Lipinski definition) is 0. The van der Waals surface area contributed by atoms with Gasteiger partial charge in [-0.2, -0.15) is 0 Å². The van der Waals surface area contributed by atoms with Gasteiger partial charge in [-0.3, -0.25) is 0 Å². The maximum Gasteiger partial charge on any atom is 0.165 e. The molecule has 138 valence electrons. The topological polar surface area (TPSA) is 26.3 Å². The fourth-order valence-corrected chi connectivity index (χ4v) is 2.12. The second kappa shape index (κ2) is 14.2. The van der Waals surface area contributed by atoms with Crippen LogP contribution in [-0.4, -0.2) is 6.29 Å². The zero-order valence-corrected chi connectivity index (χ0v) is 16.1. The largest absolute Gasteiger partial charge is 0.454 e. The van der Waals surface area contributed by atoms with Gasteiger partial charge in [-0.1, -0.05) is 51.8 Å². The molecule has 0 saturated heterocycles. The van der Waals surface area contributed by atoms with Crippen molar-refractivity contribution in [1.82, 2.24) is 0 Å². The average molecular weight is 346 g/mol. The number of halogens is 1. The van der Waals surface area contributed by atoms with Gasteiger partial charge in [0.25, 0.3) is 0 Å². The molecule has 0 fully saturated rings. The maximum absolute atomic E-state index is 13.7. The molecule has 25 heavy (non-hydrogen) atoms. The van der Waals surface area contributed by atoms with Gasteiger partial charge in [0.05, 0.1) is 0 Å². The van der Waals surface area contributed by atoms with Crippen molar-refractivity contribution in [2.75, 3.05) is 0 Å². The second-order valence-corrected chi connectivity index (χ2v) is 5.37. The molecule has 0 aliphatic rings. The van der Waals surface area contributed by atoms with E-state index in [1.54, 1.807) is 6.07 Å². The molecule has 0 aliphatic heterocycles. The molecule has 0 unspecified atom stereocenters. The lowest BCUT2D eigenvalue weighted by Gasteiger charge is -2.08. The van der Waals surface area contributed by atoms with Gasteiger partial charge >= 0.3 is 0 Å². The van der Waals surface area contributed by atoms with E-state index in [0.29, 0.717) is 5.75 Å². The fourth-order valence-electron chi connectivity index (χ4n) is 2.12. The summed E-state index contributed by atoms with van der Waals surface area (Å²) in [6, 6.07) is 12.9. The van der Waals surface area contributed by atoms with Gasteiger partial charge in [0.1, 0.15) is 12.0 Å². The Bertz CT molecular complexity index is 591. The lowest BCUT2D eigenvalue weighted by atomic mass is 10.1. The van der Waals surface area contributed by atoms with Gasteiger partial charge in [-0.15, -0.1) is 0 Å². The van der Waals surface area contributed by atoms with Crippen molar-refractivity contribution in [3.63, 3.8) is 0 Å². The minimum absolute atomic E-state index is 0.273. The lowest BCUT2D eigenvalue weighted by molar-refractivity contribution is -0.106. The Balaban J connectivity index is 0.00000104. The molecule has 2 aromatic carbocycles. The number of hydrogen-bond acceptors (Lipinski definition) is 2. The highest BCUT2D eigenvalue weighted by Crippen LogP contribution is 2.25. The number of rotatable bonds is 6. The standard InChI is InChI=1S/C18H21FO.C2H4O.C2H6/c1-3-4-5-6-15-8-10-16(11-9-15)20-18-12-7-14(2)13-17(18)19;1-2-3;1-2/h7-13H,3-6H2,1-2H3;2H,1H3;1-2H3. The van der Waals surface area contributed by atoms with Crippen molar-refractivity contribution in [2.45, 2.75) is 60.3 Å². The lowest BCUT2D eigenvalue weighted by Crippen LogP contribution is -1.90. The van der Waals surface area contributed by atoms with Gasteiger partial charge in [0.2, 0.25) is 0 Å². The summed E-state index contributed by atoms with van der Waals surface area (Å²) >= 11 is 0. The number of benzene rings is 2. The van der Waals surface area contributed by atoms with Crippen LogP contribution in [0.4, 0.5) is 4.39 Å². The van der Waals surface area contributed by atoms with Crippen LogP contribution in [0, 0.1) is 12.7 Å². The number of unbranched alkanes of at least 4 members (excludes halogenated alkanes) is 2. The highest BCUT2D eigenvalue weighted by atomic mass is 19.1. The van der Waals surface area contributed by atoms with E-state index in [2.05, 4.69) is 19.1 Å². The van der Waals surface area contributed by atoms with Crippen LogP contribution in [0.2, 0.25) is 0 Å². The molecule has 0 amide bonds. The van der Waals surface area contributed by atoms with Crippen molar-refractivity contribution in [1.29, 1.82) is 0 Å². The summed E-state index contributed by atoms with van der Waals surface area (Å²) in [6.45, 7) is 9.50. The molecule has 0 saturated carbocycles. The fraction of sp³-hybridized carbons (Fsp3) is 0.409. The van der Waals surface area contributed by atoms with Crippen LogP contribution < -0.4 is 4.74 Å². The molecule has 0 atom stereocenters. The van der Waals surface area contributed by atoms with Crippen LogP contribution in [0.25, 0.3) is 0 Å². The van der Waals surface area contributed by atoms with E-state index < -0.39 is 0 Å². The Morgan fingerprint density at radius 3 is 2.16 bits per heavy atom. The molecule has 2 rings (SSSR count). The van der Waals surface area contributed by atoms with E-state index in [1.807, 2.05) is 39.0 Å². The highest BCUT2D eigenvalue weighted by Gasteiger charge is 2.04. The Labute approximate surface area is 152 Å². The van der Waals surface area contributed by atoms with Crippen LogP contribution in [-0.2, 0) is 11.2 Å². The minimum atomic E-state index is -0.322. The van der Waals surface area contributed by atoms with E-state index >= 15 is 0 Å². The van der Waals surface area contributed by atoms with Gasteiger partial charge in [-0.25, -0.2) is 4.39 Å². The summed E-state index contributed by atoms with van der Waals surface area (Å²) in [7, 11) is 0. The zero-order chi connectivity index (χ0) is 19.1. The predicted octanol–water partition coefficient (Wildman–Crippen LogP) is 6.89. The number of aldehydes is 1. The third-order valence-corrected chi connectivity index (χ3v) is 3.31. The van der Waals surface area contributed by atoms with Gasteiger partial charge in [0, 0.05) is 0 Å². The Hall–Kier alpha value is -2.16. The number of aryl methyl sites for hydroxylation is 2. The summed E-state index contributed by atoms with van der Waals surface area (Å²) in [5.74, 6) is 0.623. The summed E-state index contributed by atoms with van der Waals surface area (Å²) in [5.41, 5.74) is 2.19. The van der Waals surface area contributed by atoms with E-state index in [9.17, 15) is 4.39 Å². The monoisotopic (exact) mass is 346 g/mol. The Morgan fingerprint density at radius 1 is 1.04 bits per heavy atom. The second-order valence-electron chi connectivity index (χ2n) is 5.37. The van der Waals surface area contributed by atoms with E-state index in [4.69, 9.17) is 9.53 Å². The number of carbonyl (C=O) groups excluding carboxylic acids is 1. The molecule has 0 aromatic heterocycles. The van der Waals surface area contributed by atoms with E-state index in [0.717, 1.165) is 18.3 Å². The zero-order valence-electron chi connectivity index (χ0n) is 16.1. The van der Waals surface area contributed by atoms with Gasteiger partial charge in [0.15, 0.2) is 11.6 Å². The van der Waals surface area contributed by atoms with Crippen LogP contribution in [0.1, 0.15) is 58.1 Å². The third kappa shape index (κ3) is 9.65.